The molecular formula is C13H16O3S. The summed E-state index contributed by atoms with van der Waals surface area (Å²) in [4.78, 5) is 0. The van der Waals surface area contributed by atoms with Crippen molar-refractivity contribution in [3.05, 3.63) is 23.8 Å². The first-order valence-electron chi connectivity index (χ1n) is 5.85. The normalized spacial score (nSPS) is 31.1. The zero-order chi connectivity index (χ0) is 11.9. The Hall–Kier alpha value is -0.870. The second kappa shape index (κ2) is 4.10. The molecule has 2 heterocycles. The summed E-state index contributed by atoms with van der Waals surface area (Å²) < 4.78 is 11.3. The highest BCUT2D eigenvalue weighted by molar-refractivity contribution is 7.99. The monoisotopic (exact) mass is 252 g/mol. The molecule has 17 heavy (non-hydrogen) atoms. The van der Waals surface area contributed by atoms with Crippen molar-refractivity contribution in [2.75, 3.05) is 18.6 Å². The van der Waals surface area contributed by atoms with Crippen LogP contribution in [-0.2, 0) is 0 Å². The first kappa shape index (κ1) is 11.2. The van der Waals surface area contributed by atoms with Crippen molar-refractivity contribution < 1.29 is 14.6 Å². The van der Waals surface area contributed by atoms with E-state index in [-0.39, 0.29) is 5.60 Å². The van der Waals surface area contributed by atoms with Gasteiger partial charge in [0.05, 0.1) is 13.2 Å². The van der Waals surface area contributed by atoms with Crippen LogP contribution in [0.3, 0.4) is 0 Å². The number of methoxy groups -OCH3 is 1. The Labute approximate surface area is 105 Å². The van der Waals surface area contributed by atoms with Crippen LogP contribution in [0.15, 0.2) is 18.2 Å². The Balaban J connectivity index is 1.97. The van der Waals surface area contributed by atoms with Gasteiger partial charge in [-0.05, 0) is 24.3 Å². The molecule has 0 saturated carbocycles. The van der Waals surface area contributed by atoms with E-state index in [1.807, 2.05) is 30.0 Å². The Morgan fingerprint density at radius 3 is 3.12 bits per heavy atom. The number of rotatable bonds is 1. The van der Waals surface area contributed by atoms with E-state index >= 15 is 0 Å². The van der Waals surface area contributed by atoms with Crippen LogP contribution in [0, 0.1) is 0 Å². The van der Waals surface area contributed by atoms with Crippen molar-refractivity contribution in [3.8, 4) is 11.5 Å². The van der Waals surface area contributed by atoms with E-state index in [9.17, 15) is 5.11 Å². The Bertz CT molecular complexity index is 427. The van der Waals surface area contributed by atoms with Crippen LogP contribution >= 0.6 is 11.8 Å². The fraction of sp³-hybridized carbons (Fsp3) is 0.538. The van der Waals surface area contributed by atoms with Gasteiger partial charge in [0.25, 0.3) is 0 Å². The summed E-state index contributed by atoms with van der Waals surface area (Å²) in [7, 11) is 1.64. The molecule has 1 spiro atoms. The van der Waals surface area contributed by atoms with E-state index < -0.39 is 6.10 Å². The van der Waals surface area contributed by atoms with Crippen LogP contribution in [-0.4, -0.2) is 29.3 Å². The van der Waals surface area contributed by atoms with E-state index in [2.05, 4.69) is 0 Å². The van der Waals surface area contributed by atoms with E-state index in [1.54, 1.807) is 7.11 Å². The van der Waals surface area contributed by atoms with Crippen molar-refractivity contribution in [2.24, 2.45) is 0 Å². The Morgan fingerprint density at radius 2 is 2.41 bits per heavy atom. The van der Waals surface area contributed by atoms with Gasteiger partial charge in [-0.3, -0.25) is 0 Å². The van der Waals surface area contributed by atoms with Crippen LogP contribution in [0.4, 0.5) is 0 Å². The van der Waals surface area contributed by atoms with Gasteiger partial charge in [0.15, 0.2) is 0 Å². The molecule has 0 aromatic heterocycles. The first-order valence-corrected chi connectivity index (χ1v) is 7.01. The van der Waals surface area contributed by atoms with Gasteiger partial charge in [-0.2, -0.15) is 11.8 Å². The third kappa shape index (κ3) is 1.89. The maximum Gasteiger partial charge on any atom is 0.129 e. The van der Waals surface area contributed by atoms with Crippen LogP contribution in [0.5, 0.6) is 11.5 Å². The minimum absolute atomic E-state index is 0.163. The summed E-state index contributed by atoms with van der Waals surface area (Å²) >= 11 is 1.90. The molecule has 0 amide bonds. The zero-order valence-corrected chi connectivity index (χ0v) is 10.6. The number of benzene rings is 1. The van der Waals surface area contributed by atoms with Gasteiger partial charge in [-0.15, -0.1) is 0 Å². The summed E-state index contributed by atoms with van der Waals surface area (Å²) in [5.74, 6) is 3.65. The molecule has 3 nitrogen and oxygen atoms in total. The highest BCUT2D eigenvalue weighted by Crippen LogP contribution is 2.46. The van der Waals surface area contributed by atoms with Gasteiger partial charge in [-0.1, -0.05) is 0 Å². The molecule has 1 unspecified atom stereocenters. The third-order valence-electron chi connectivity index (χ3n) is 3.54. The molecule has 1 aromatic rings. The van der Waals surface area contributed by atoms with E-state index in [0.717, 1.165) is 35.0 Å². The third-order valence-corrected chi connectivity index (χ3v) is 4.76. The maximum absolute atomic E-state index is 10.2. The van der Waals surface area contributed by atoms with Gasteiger partial charge in [0.2, 0.25) is 0 Å². The molecule has 1 fully saturated rings. The first-order chi connectivity index (χ1) is 8.22. The van der Waals surface area contributed by atoms with Gasteiger partial charge in [0.1, 0.15) is 17.1 Å². The maximum atomic E-state index is 10.2. The molecule has 4 heteroatoms. The van der Waals surface area contributed by atoms with Crippen molar-refractivity contribution in [3.63, 3.8) is 0 Å². The summed E-state index contributed by atoms with van der Waals surface area (Å²) in [5, 5.41) is 10.2. The fourth-order valence-electron chi connectivity index (χ4n) is 2.57. The lowest BCUT2D eigenvalue weighted by atomic mass is 9.88. The minimum Gasteiger partial charge on any atom is -0.497 e. The van der Waals surface area contributed by atoms with E-state index in [0.29, 0.717) is 6.42 Å². The number of aliphatic hydroxyl groups excluding tert-OH is 1. The SMILES string of the molecule is COc1ccc2c(c1)OC1(CCSC1)C[C@H]2O. The molecule has 2 aliphatic rings. The number of fused-ring (bicyclic) bond motifs is 1. The minimum atomic E-state index is -0.414. The molecule has 1 N–H and O–H groups in total. The lowest BCUT2D eigenvalue weighted by Gasteiger charge is -2.37. The lowest BCUT2D eigenvalue weighted by Crippen LogP contribution is -2.41. The van der Waals surface area contributed by atoms with Crippen LogP contribution in [0.2, 0.25) is 0 Å². The Morgan fingerprint density at radius 1 is 1.53 bits per heavy atom. The van der Waals surface area contributed by atoms with Gasteiger partial charge in [0, 0.05) is 23.8 Å². The average Bonchev–Trinajstić information content (AvgIpc) is 2.76. The van der Waals surface area contributed by atoms with Crippen molar-refractivity contribution in [1.82, 2.24) is 0 Å². The molecule has 0 bridgehead atoms. The number of hydrogen-bond donors (Lipinski definition) is 1. The number of ether oxygens (including phenoxy) is 2. The lowest BCUT2D eigenvalue weighted by molar-refractivity contribution is 0.00390. The molecule has 2 atom stereocenters. The second-order valence-corrected chi connectivity index (χ2v) is 5.82. The fourth-order valence-corrected chi connectivity index (χ4v) is 3.93. The number of aliphatic hydroxyl groups is 1. The highest BCUT2D eigenvalue weighted by atomic mass is 32.2. The summed E-state index contributed by atoms with van der Waals surface area (Å²) in [5.41, 5.74) is 0.719. The number of hydrogen-bond acceptors (Lipinski definition) is 4. The molecule has 1 saturated heterocycles. The second-order valence-electron chi connectivity index (χ2n) is 4.71. The average molecular weight is 252 g/mol. The quantitative estimate of drug-likeness (QED) is 0.833. The number of thioether (sulfide) groups is 1. The molecule has 0 aliphatic carbocycles. The van der Waals surface area contributed by atoms with Gasteiger partial charge in [-0.25, -0.2) is 0 Å². The zero-order valence-electron chi connectivity index (χ0n) is 9.81. The van der Waals surface area contributed by atoms with Gasteiger partial charge < -0.3 is 14.6 Å². The topological polar surface area (TPSA) is 38.7 Å². The molecular weight excluding hydrogens is 236 g/mol. The largest absolute Gasteiger partial charge is 0.497 e. The van der Waals surface area contributed by atoms with Crippen LogP contribution < -0.4 is 9.47 Å². The van der Waals surface area contributed by atoms with Crippen molar-refractivity contribution in [1.29, 1.82) is 0 Å². The van der Waals surface area contributed by atoms with Crippen molar-refractivity contribution >= 4 is 11.8 Å². The molecule has 1 aromatic carbocycles. The Kier molecular flexibility index (Phi) is 2.71. The standard InChI is InChI=1S/C13H16O3S/c1-15-9-2-3-10-11(14)7-13(4-5-17-8-13)16-12(10)6-9/h2-3,6,11,14H,4-5,7-8H2,1H3/t11-,13?/m1/s1. The van der Waals surface area contributed by atoms with Crippen LogP contribution in [0.25, 0.3) is 0 Å². The molecule has 2 aliphatic heterocycles. The van der Waals surface area contributed by atoms with E-state index in [1.165, 1.54) is 0 Å². The summed E-state index contributed by atoms with van der Waals surface area (Å²) in [6.07, 6.45) is 1.31. The molecule has 92 valence electrons. The van der Waals surface area contributed by atoms with Crippen molar-refractivity contribution in [2.45, 2.75) is 24.5 Å². The van der Waals surface area contributed by atoms with Gasteiger partial charge >= 0.3 is 0 Å². The predicted octanol–water partition coefficient (Wildman–Crippen LogP) is 2.39. The van der Waals surface area contributed by atoms with E-state index in [4.69, 9.17) is 9.47 Å². The summed E-state index contributed by atoms with van der Waals surface area (Å²) in [6.45, 7) is 0. The molecule has 0 radical (unpaired) electrons. The molecule has 3 rings (SSSR count). The smallest absolute Gasteiger partial charge is 0.129 e. The van der Waals surface area contributed by atoms with Crippen LogP contribution in [0.1, 0.15) is 24.5 Å². The predicted molar refractivity (Wildman–Crippen MR) is 67.9 cm³/mol. The highest BCUT2D eigenvalue weighted by Gasteiger charge is 2.43. The summed E-state index contributed by atoms with van der Waals surface area (Å²) in [6, 6.07) is 5.64.